The van der Waals surface area contributed by atoms with Gasteiger partial charge >= 0.3 is 5.97 Å². The SMILES string of the molecule is CC(C)Oc1ccc(C(N)CC(=O)OC(C)(C)C)cc1. The van der Waals surface area contributed by atoms with Crippen molar-refractivity contribution in [3.8, 4) is 5.75 Å². The zero-order valence-electron chi connectivity index (χ0n) is 13.0. The molecule has 20 heavy (non-hydrogen) atoms. The summed E-state index contributed by atoms with van der Waals surface area (Å²) in [5.74, 6) is 0.515. The van der Waals surface area contributed by atoms with Crippen molar-refractivity contribution in [2.45, 2.75) is 58.8 Å². The smallest absolute Gasteiger partial charge is 0.308 e. The van der Waals surface area contributed by atoms with Crippen LogP contribution in [0.25, 0.3) is 0 Å². The lowest BCUT2D eigenvalue weighted by Gasteiger charge is -2.21. The van der Waals surface area contributed by atoms with Crippen LogP contribution in [-0.4, -0.2) is 17.7 Å². The van der Waals surface area contributed by atoms with Crippen LogP contribution in [-0.2, 0) is 9.53 Å². The van der Waals surface area contributed by atoms with E-state index in [4.69, 9.17) is 15.2 Å². The van der Waals surface area contributed by atoms with Crippen molar-refractivity contribution >= 4 is 5.97 Å². The van der Waals surface area contributed by atoms with Crippen LogP contribution in [0.2, 0.25) is 0 Å². The van der Waals surface area contributed by atoms with Gasteiger partial charge in [-0.15, -0.1) is 0 Å². The van der Waals surface area contributed by atoms with Gasteiger partial charge in [-0.25, -0.2) is 0 Å². The van der Waals surface area contributed by atoms with E-state index in [0.29, 0.717) is 0 Å². The van der Waals surface area contributed by atoms with Crippen LogP contribution in [0.5, 0.6) is 5.75 Å². The summed E-state index contributed by atoms with van der Waals surface area (Å²) in [6.07, 6.45) is 0.304. The summed E-state index contributed by atoms with van der Waals surface area (Å²) in [5.41, 5.74) is 6.44. The molecule has 4 heteroatoms. The lowest BCUT2D eigenvalue weighted by Crippen LogP contribution is -2.26. The molecule has 0 aromatic heterocycles. The Bertz CT molecular complexity index is 432. The third kappa shape index (κ3) is 6.06. The van der Waals surface area contributed by atoms with Gasteiger partial charge < -0.3 is 15.2 Å². The highest BCUT2D eigenvalue weighted by Crippen LogP contribution is 2.20. The van der Waals surface area contributed by atoms with Gasteiger partial charge in [-0.1, -0.05) is 12.1 Å². The lowest BCUT2D eigenvalue weighted by molar-refractivity contribution is -0.155. The van der Waals surface area contributed by atoms with Gasteiger partial charge in [-0.2, -0.15) is 0 Å². The maximum Gasteiger partial charge on any atom is 0.308 e. The summed E-state index contributed by atoms with van der Waals surface area (Å²) in [4.78, 5) is 11.7. The van der Waals surface area contributed by atoms with Crippen LogP contribution < -0.4 is 10.5 Å². The average Bonchev–Trinajstić information content (AvgIpc) is 2.26. The first kappa shape index (κ1) is 16.5. The van der Waals surface area contributed by atoms with Crippen LogP contribution in [0, 0.1) is 0 Å². The largest absolute Gasteiger partial charge is 0.491 e. The second kappa shape index (κ2) is 6.75. The number of benzene rings is 1. The van der Waals surface area contributed by atoms with E-state index < -0.39 is 5.60 Å². The summed E-state index contributed by atoms with van der Waals surface area (Å²) in [6.45, 7) is 9.47. The molecule has 2 N–H and O–H groups in total. The number of hydrogen-bond acceptors (Lipinski definition) is 4. The Morgan fingerprint density at radius 1 is 1.20 bits per heavy atom. The molecule has 1 rings (SSSR count). The lowest BCUT2D eigenvalue weighted by atomic mass is 10.0. The molecule has 1 atom stereocenters. The minimum Gasteiger partial charge on any atom is -0.491 e. The van der Waals surface area contributed by atoms with Crippen LogP contribution in [0.3, 0.4) is 0 Å². The van der Waals surface area contributed by atoms with Gasteiger partial charge in [-0.3, -0.25) is 4.79 Å². The third-order valence-corrected chi connectivity index (χ3v) is 2.49. The predicted molar refractivity (Wildman–Crippen MR) is 79.6 cm³/mol. The molecule has 1 aromatic rings. The third-order valence-electron chi connectivity index (χ3n) is 2.49. The number of esters is 1. The predicted octanol–water partition coefficient (Wildman–Crippen LogP) is 3.21. The first-order valence-corrected chi connectivity index (χ1v) is 6.91. The quantitative estimate of drug-likeness (QED) is 0.841. The molecule has 0 spiro atoms. The maximum atomic E-state index is 11.7. The van der Waals surface area contributed by atoms with Crippen LogP contribution >= 0.6 is 0 Å². The highest BCUT2D eigenvalue weighted by molar-refractivity contribution is 5.70. The molecule has 0 saturated carbocycles. The van der Waals surface area contributed by atoms with E-state index in [1.54, 1.807) is 0 Å². The molecule has 0 bridgehead atoms. The molecule has 0 aliphatic heterocycles. The minimum absolute atomic E-state index is 0.135. The number of carbonyl (C=O) groups is 1. The summed E-state index contributed by atoms with van der Waals surface area (Å²) in [5, 5.41) is 0. The molecule has 0 fully saturated rings. The van der Waals surface area contributed by atoms with Gasteiger partial charge in [0.15, 0.2) is 0 Å². The molecule has 112 valence electrons. The molecule has 0 amide bonds. The van der Waals surface area contributed by atoms with Crippen molar-refractivity contribution in [1.82, 2.24) is 0 Å². The summed E-state index contributed by atoms with van der Waals surface area (Å²) >= 11 is 0. The van der Waals surface area contributed by atoms with E-state index in [1.165, 1.54) is 0 Å². The van der Waals surface area contributed by atoms with E-state index in [2.05, 4.69) is 0 Å². The van der Waals surface area contributed by atoms with E-state index in [-0.39, 0.29) is 24.5 Å². The molecule has 0 radical (unpaired) electrons. The Hall–Kier alpha value is -1.55. The Labute approximate surface area is 121 Å². The van der Waals surface area contributed by atoms with Crippen molar-refractivity contribution in [1.29, 1.82) is 0 Å². The van der Waals surface area contributed by atoms with Crippen molar-refractivity contribution in [3.05, 3.63) is 29.8 Å². The highest BCUT2D eigenvalue weighted by Gasteiger charge is 2.19. The Kier molecular flexibility index (Phi) is 5.57. The van der Waals surface area contributed by atoms with E-state index in [0.717, 1.165) is 11.3 Å². The van der Waals surface area contributed by atoms with Crippen LogP contribution in [0.15, 0.2) is 24.3 Å². The summed E-state index contributed by atoms with van der Waals surface area (Å²) in [6, 6.07) is 7.13. The zero-order valence-corrected chi connectivity index (χ0v) is 13.0. The maximum absolute atomic E-state index is 11.7. The topological polar surface area (TPSA) is 61.5 Å². The second-order valence-corrected chi connectivity index (χ2v) is 6.13. The standard InChI is InChI=1S/C16H25NO3/c1-11(2)19-13-8-6-12(7-9-13)14(17)10-15(18)20-16(3,4)5/h6-9,11,14H,10,17H2,1-5H3. The molecule has 0 heterocycles. The van der Waals surface area contributed by atoms with Gasteiger partial charge in [-0.05, 0) is 52.3 Å². The van der Waals surface area contributed by atoms with Gasteiger partial charge in [0.25, 0.3) is 0 Å². The number of hydrogen-bond donors (Lipinski definition) is 1. The fourth-order valence-electron chi connectivity index (χ4n) is 1.75. The van der Waals surface area contributed by atoms with E-state index >= 15 is 0 Å². The van der Waals surface area contributed by atoms with Crippen LogP contribution in [0.4, 0.5) is 0 Å². The van der Waals surface area contributed by atoms with Gasteiger partial charge in [0.05, 0.1) is 12.5 Å². The van der Waals surface area contributed by atoms with Crippen molar-refractivity contribution < 1.29 is 14.3 Å². The van der Waals surface area contributed by atoms with E-state index in [1.807, 2.05) is 58.9 Å². The normalized spacial score (nSPS) is 13.2. The van der Waals surface area contributed by atoms with Crippen molar-refractivity contribution in [2.24, 2.45) is 5.73 Å². The Balaban J connectivity index is 2.59. The number of nitrogens with two attached hydrogens (primary N) is 1. The Morgan fingerprint density at radius 3 is 2.20 bits per heavy atom. The summed E-state index contributed by atoms with van der Waals surface area (Å²) < 4.78 is 10.8. The zero-order chi connectivity index (χ0) is 15.3. The molecule has 0 aliphatic rings. The molecule has 1 unspecified atom stereocenters. The fraction of sp³-hybridized carbons (Fsp3) is 0.562. The molecule has 1 aromatic carbocycles. The average molecular weight is 279 g/mol. The number of carbonyl (C=O) groups excluding carboxylic acids is 1. The molecule has 0 saturated heterocycles. The minimum atomic E-state index is -0.480. The van der Waals surface area contributed by atoms with Gasteiger partial charge in [0.2, 0.25) is 0 Å². The van der Waals surface area contributed by atoms with Gasteiger partial charge in [0, 0.05) is 6.04 Å². The van der Waals surface area contributed by atoms with Gasteiger partial charge in [0.1, 0.15) is 11.4 Å². The first-order chi connectivity index (χ1) is 9.17. The number of ether oxygens (including phenoxy) is 2. The second-order valence-electron chi connectivity index (χ2n) is 6.13. The van der Waals surface area contributed by atoms with E-state index in [9.17, 15) is 4.79 Å². The number of rotatable bonds is 5. The highest BCUT2D eigenvalue weighted by atomic mass is 16.6. The van der Waals surface area contributed by atoms with Crippen molar-refractivity contribution in [3.63, 3.8) is 0 Å². The monoisotopic (exact) mass is 279 g/mol. The molecular formula is C16H25NO3. The summed E-state index contributed by atoms with van der Waals surface area (Å²) in [7, 11) is 0. The fourth-order valence-corrected chi connectivity index (χ4v) is 1.75. The molecule has 0 aliphatic carbocycles. The van der Waals surface area contributed by atoms with Crippen molar-refractivity contribution in [2.75, 3.05) is 0 Å². The Morgan fingerprint density at radius 2 is 1.75 bits per heavy atom. The first-order valence-electron chi connectivity index (χ1n) is 6.91. The van der Waals surface area contributed by atoms with Crippen LogP contribution in [0.1, 0.15) is 52.6 Å². The molecular weight excluding hydrogens is 254 g/mol. The molecule has 4 nitrogen and oxygen atoms in total.